The SMILES string of the molecule is COC(=O)C1CCCN(c2cccc(Cl)c2[N+](=O)[O-])C1. The monoisotopic (exact) mass is 298 g/mol. The van der Waals surface area contributed by atoms with E-state index >= 15 is 0 Å². The molecule has 108 valence electrons. The van der Waals surface area contributed by atoms with Gasteiger partial charge in [0.1, 0.15) is 10.7 Å². The zero-order valence-electron chi connectivity index (χ0n) is 11.0. The molecule has 1 heterocycles. The molecule has 0 N–H and O–H groups in total. The van der Waals surface area contributed by atoms with Gasteiger partial charge in [-0.3, -0.25) is 14.9 Å². The Bertz CT molecular complexity index is 535. The van der Waals surface area contributed by atoms with Crippen molar-refractivity contribution in [1.82, 2.24) is 0 Å². The molecule has 6 nitrogen and oxygen atoms in total. The first-order chi connectivity index (χ1) is 9.54. The molecule has 1 aromatic carbocycles. The maximum Gasteiger partial charge on any atom is 0.310 e. The normalized spacial score (nSPS) is 18.7. The number of nitro benzene ring substituents is 1. The summed E-state index contributed by atoms with van der Waals surface area (Å²) >= 11 is 5.91. The number of halogens is 1. The molecule has 2 rings (SSSR count). The highest BCUT2D eigenvalue weighted by molar-refractivity contribution is 6.33. The Kier molecular flexibility index (Phi) is 4.44. The van der Waals surface area contributed by atoms with Crippen LogP contribution in [-0.2, 0) is 9.53 Å². The molecule has 1 fully saturated rings. The summed E-state index contributed by atoms with van der Waals surface area (Å²) in [5.74, 6) is -0.535. The molecule has 0 aliphatic carbocycles. The molecule has 7 heteroatoms. The number of esters is 1. The maximum absolute atomic E-state index is 11.6. The lowest BCUT2D eigenvalue weighted by Crippen LogP contribution is -2.39. The van der Waals surface area contributed by atoms with Crippen molar-refractivity contribution in [2.24, 2.45) is 5.92 Å². The van der Waals surface area contributed by atoms with Crippen molar-refractivity contribution < 1.29 is 14.5 Å². The predicted molar refractivity (Wildman–Crippen MR) is 75.1 cm³/mol. The summed E-state index contributed by atoms with van der Waals surface area (Å²) in [6, 6.07) is 4.82. The standard InChI is InChI=1S/C13H15ClN2O4/c1-20-13(17)9-4-3-7-15(8-9)11-6-2-5-10(14)12(11)16(18)19/h2,5-6,9H,3-4,7-8H2,1H3. The fraction of sp³-hybridized carbons (Fsp3) is 0.462. The first kappa shape index (κ1) is 14.6. The van der Waals surface area contributed by atoms with Gasteiger partial charge in [-0.15, -0.1) is 0 Å². The number of anilines is 1. The zero-order chi connectivity index (χ0) is 14.7. The van der Waals surface area contributed by atoms with Crippen molar-refractivity contribution in [1.29, 1.82) is 0 Å². The average Bonchev–Trinajstić information content (AvgIpc) is 2.45. The third-order valence-corrected chi connectivity index (χ3v) is 3.75. The van der Waals surface area contributed by atoms with E-state index in [2.05, 4.69) is 0 Å². The zero-order valence-corrected chi connectivity index (χ0v) is 11.8. The van der Waals surface area contributed by atoms with Gasteiger partial charge in [0.05, 0.1) is 18.0 Å². The quantitative estimate of drug-likeness (QED) is 0.487. The third-order valence-electron chi connectivity index (χ3n) is 3.44. The number of rotatable bonds is 3. The van der Waals surface area contributed by atoms with Gasteiger partial charge in [0.2, 0.25) is 0 Å². The molecule has 0 radical (unpaired) electrons. The van der Waals surface area contributed by atoms with Crippen LogP contribution >= 0.6 is 11.6 Å². The predicted octanol–water partition coefficient (Wildman–Crippen LogP) is 2.64. The minimum absolute atomic E-state index is 0.104. The van der Waals surface area contributed by atoms with Crippen LogP contribution in [0.15, 0.2) is 18.2 Å². The Morgan fingerprint density at radius 1 is 1.55 bits per heavy atom. The van der Waals surface area contributed by atoms with Gasteiger partial charge in [-0.1, -0.05) is 17.7 Å². The van der Waals surface area contributed by atoms with Gasteiger partial charge in [0.25, 0.3) is 0 Å². The lowest BCUT2D eigenvalue weighted by molar-refractivity contribution is -0.384. The van der Waals surface area contributed by atoms with Crippen LogP contribution in [0.1, 0.15) is 12.8 Å². The fourth-order valence-electron chi connectivity index (χ4n) is 2.49. The Balaban J connectivity index is 2.30. The molecule has 1 atom stereocenters. The number of methoxy groups -OCH3 is 1. The van der Waals surface area contributed by atoms with E-state index in [1.165, 1.54) is 13.2 Å². The topological polar surface area (TPSA) is 72.7 Å². The molecule has 0 aromatic heterocycles. The van der Waals surface area contributed by atoms with E-state index in [1.54, 1.807) is 12.1 Å². The second kappa shape index (κ2) is 6.09. The molecule has 0 amide bonds. The summed E-state index contributed by atoms with van der Waals surface area (Å²) in [4.78, 5) is 24.1. The summed E-state index contributed by atoms with van der Waals surface area (Å²) < 4.78 is 4.75. The number of hydrogen-bond donors (Lipinski definition) is 0. The molecule has 1 saturated heterocycles. The lowest BCUT2D eigenvalue weighted by Gasteiger charge is -2.32. The molecule has 0 saturated carbocycles. The number of carbonyl (C=O) groups is 1. The Morgan fingerprint density at radius 3 is 2.95 bits per heavy atom. The first-order valence-corrected chi connectivity index (χ1v) is 6.68. The second-order valence-corrected chi connectivity index (χ2v) is 5.08. The summed E-state index contributed by atoms with van der Waals surface area (Å²) in [6.45, 7) is 1.07. The van der Waals surface area contributed by atoms with Crippen LogP contribution in [0.4, 0.5) is 11.4 Å². The van der Waals surface area contributed by atoms with Gasteiger partial charge in [0.15, 0.2) is 0 Å². The van der Waals surface area contributed by atoms with Crippen LogP contribution < -0.4 is 4.90 Å². The average molecular weight is 299 g/mol. The molecular formula is C13H15ClN2O4. The smallest absolute Gasteiger partial charge is 0.310 e. The van der Waals surface area contributed by atoms with E-state index in [4.69, 9.17) is 16.3 Å². The van der Waals surface area contributed by atoms with Gasteiger partial charge >= 0.3 is 11.7 Å². The number of nitrogens with zero attached hydrogens (tertiary/aromatic N) is 2. The maximum atomic E-state index is 11.6. The fourth-order valence-corrected chi connectivity index (χ4v) is 2.73. The van der Waals surface area contributed by atoms with Crippen molar-refractivity contribution in [2.45, 2.75) is 12.8 Å². The molecule has 0 bridgehead atoms. The molecular weight excluding hydrogens is 284 g/mol. The van der Waals surface area contributed by atoms with E-state index in [9.17, 15) is 14.9 Å². The van der Waals surface area contributed by atoms with E-state index < -0.39 is 4.92 Å². The van der Waals surface area contributed by atoms with Crippen LogP contribution in [0.2, 0.25) is 5.02 Å². The number of ether oxygens (including phenoxy) is 1. The highest BCUT2D eigenvalue weighted by Crippen LogP contribution is 2.36. The van der Waals surface area contributed by atoms with Gasteiger partial charge in [-0.2, -0.15) is 0 Å². The summed E-state index contributed by atoms with van der Waals surface area (Å²) in [7, 11) is 1.35. The Labute approximate surface area is 121 Å². The molecule has 1 unspecified atom stereocenters. The van der Waals surface area contributed by atoms with Crippen molar-refractivity contribution in [3.63, 3.8) is 0 Å². The van der Waals surface area contributed by atoms with Gasteiger partial charge in [-0.25, -0.2) is 0 Å². The third kappa shape index (κ3) is 2.85. The number of hydrogen-bond acceptors (Lipinski definition) is 5. The molecule has 1 aromatic rings. The molecule has 0 spiro atoms. The highest BCUT2D eigenvalue weighted by Gasteiger charge is 2.30. The minimum atomic E-state index is -0.487. The van der Waals surface area contributed by atoms with E-state index in [0.717, 1.165) is 12.8 Å². The van der Waals surface area contributed by atoms with Crippen LogP contribution in [0.5, 0.6) is 0 Å². The van der Waals surface area contributed by atoms with Crippen LogP contribution in [0.3, 0.4) is 0 Å². The van der Waals surface area contributed by atoms with Gasteiger partial charge in [0, 0.05) is 13.1 Å². The number of piperidine rings is 1. The molecule has 1 aliphatic rings. The van der Waals surface area contributed by atoms with Gasteiger partial charge < -0.3 is 9.64 Å². The van der Waals surface area contributed by atoms with Crippen molar-refractivity contribution >= 4 is 28.9 Å². The lowest BCUT2D eigenvalue weighted by atomic mass is 9.97. The van der Waals surface area contributed by atoms with E-state index in [-0.39, 0.29) is 22.6 Å². The summed E-state index contributed by atoms with van der Waals surface area (Å²) in [5.41, 5.74) is 0.343. The number of para-hydroxylation sites is 1. The van der Waals surface area contributed by atoms with Gasteiger partial charge in [-0.05, 0) is 25.0 Å². The number of nitro groups is 1. The van der Waals surface area contributed by atoms with Crippen LogP contribution in [0, 0.1) is 16.0 Å². The number of carbonyl (C=O) groups excluding carboxylic acids is 1. The van der Waals surface area contributed by atoms with Crippen molar-refractivity contribution in [3.05, 3.63) is 33.3 Å². The summed E-state index contributed by atoms with van der Waals surface area (Å²) in [5, 5.41) is 11.3. The molecule has 1 aliphatic heterocycles. The first-order valence-electron chi connectivity index (χ1n) is 6.30. The summed E-state index contributed by atoms with van der Waals surface area (Å²) in [6.07, 6.45) is 1.51. The van der Waals surface area contributed by atoms with Crippen LogP contribution in [-0.4, -0.2) is 31.1 Å². The Hall–Kier alpha value is -1.82. The Morgan fingerprint density at radius 2 is 2.30 bits per heavy atom. The number of benzene rings is 1. The minimum Gasteiger partial charge on any atom is -0.469 e. The highest BCUT2D eigenvalue weighted by atomic mass is 35.5. The second-order valence-electron chi connectivity index (χ2n) is 4.67. The van der Waals surface area contributed by atoms with E-state index in [0.29, 0.717) is 18.8 Å². The van der Waals surface area contributed by atoms with Crippen molar-refractivity contribution in [3.8, 4) is 0 Å². The molecule has 20 heavy (non-hydrogen) atoms. The largest absolute Gasteiger partial charge is 0.469 e. The van der Waals surface area contributed by atoms with Crippen LogP contribution in [0.25, 0.3) is 0 Å². The van der Waals surface area contributed by atoms with Crippen molar-refractivity contribution in [2.75, 3.05) is 25.1 Å². The van der Waals surface area contributed by atoms with E-state index in [1.807, 2.05) is 4.90 Å².